The highest BCUT2D eigenvalue weighted by molar-refractivity contribution is 5.24. The van der Waals surface area contributed by atoms with E-state index < -0.39 is 6.10 Å². The average Bonchev–Trinajstić information content (AvgIpc) is 2.30. The van der Waals surface area contributed by atoms with Gasteiger partial charge in [0.25, 0.3) is 0 Å². The third-order valence-electron chi connectivity index (χ3n) is 2.56. The van der Waals surface area contributed by atoms with E-state index in [1.807, 2.05) is 19.1 Å². The second-order valence-electron chi connectivity index (χ2n) is 3.80. The number of ether oxygens (including phenoxy) is 1. The highest BCUT2D eigenvalue weighted by Gasteiger charge is 2.16. The molecule has 1 aliphatic heterocycles. The number of hydrogen-bond acceptors (Lipinski definition) is 3. The van der Waals surface area contributed by atoms with Crippen molar-refractivity contribution in [3.63, 3.8) is 0 Å². The third kappa shape index (κ3) is 2.36. The molecular formula is C12H15NO2. The molecule has 80 valence electrons. The second-order valence-corrected chi connectivity index (χ2v) is 3.80. The fraction of sp³-hybridized carbons (Fsp3) is 0.417. The molecule has 1 aromatic rings. The van der Waals surface area contributed by atoms with Gasteiger partial charge in [-0.05, 0) is 31.4 Å². The molecule has 1 aliphatic rings. The molecule has 1 unspecified atom stereocenters. The summed E-state index contributed by atoms with van der Waals surface area (Å²) in [6.45, 7) is 2.68. The Kier molecular flexibility index (Phi) is 3.02. The summed E-state index contributed by atoms with van der Waals surface area (Å²) in [5.74, 6) is 0. The van der Waals surface area contributed by atoms with Crippen molar-refractivity contribution in [2.45, 2.75) is 25.9 Å². The summed E-state index contributed by atoms with van der Waals surface area (Å²) in [5, 5.41) is 10.0. The fourth-order valence-electron chi connectivity index (χ4n) is 1.64. The van der Waals surface area contributed by atoms with Crippen molar-refractivity contribution in [3.05, 3.63) is 41.4 Å². The first-order valence-corrected chi connectivity index (χ1v) is 5.18. The number of hydrogen-bond donors (Lipinski definition) is 1. The lowest BCUT2D eigenvalue weighted by molar-refractivity contribution is 0.170. The zero-order valence-electron chi connectivity index (χ0n) is 8.81. The maximum absolute atomic E-state index is 10.0. The highest BCUT2D eigenvalue weighted by atomic mass is 16.5. The van der Waals surface area contributed by atoms with E-state index in [4.69, 9.17) is 4.74 Å². The summed E-state index contributed by atoms with van der Waals surface area (Å²) in [5.41, 5.74) is 2.73. The number of rotatable bonds is 2. The minimum absolute atomic E-state index is 0.571. The number of aryl methyl sites for hydroxylation is 1. The van der Waals surface area contributed by atoms with Gasteiger partial charge in [0.2, 0.25) is 0 Å². The number of aliphatic hydroxyl groups is 1. The van der Waals surface area contributed by atoms with E-state index in [0.717, 1.165) is 36.3 Å². The predicted molar refractivity (Wildman–Crippen MR) is 57.2 cm³/mol. The van der Waals surface area contributed by atoms with Gasteiger partial charge in [-0.1, -0.05) is 6.07 Å². The van der Waals surface area contributed by atoms with E-state index in [9.17, 15) is 5.11 Å². The number of nitrogens with zero attached hydrogens (tertiary/aromatic N) is 1. The summed E-state index contributed by atoms with van der Waals surface area (Å²) in [6.07, 6.45) is 4.69. The Balaban J connectivity index is 2.16. The topological polar surface area (TPSA) is 42.4 Å². The molecule has 3 heteroatoms. The van der Waals surface area contributed by atoms with Crippen LogP contribution in [0.3, 0.4) is 0 Å². The molecule has 0 aliphatic carbocycles. The SMILES string of the molecule is Cc1ccc(C(O)C2=COCCC2)cn1. The Morgan fingerprint density at radius 1 is 1.47 bits per heavy atom. The molecule has 0 amide bonds. The highest BCUT2D eigenvalue weighted by Crippen LogP contribution is 2.26. The standard InChI is InChI=1S/C12H15NO2/c1-9-4-5-10(7-13-9)12(14)11-3-2-6-15-8-11/h4-5,7-8,12,14H,2-3,6H2,1H3. The van der Waals surface area contributed by atoms with Crippen molar-refractivity contribution in [3.8, 4) is 0 Å². The smallest absolute Gasteiger partial charge is 0.105 e. The van der Waals surface area contributed by atoms with Gasteiger partial charge >= 0.3 is 0 Å². The predicted octanol–water partition coefficient (Wildman–Crippen LogP) is 2.12. The first-order valence-electron chi connectivity index (χ1n) is 5.18. The van der Waals surface area contributed by atoms with E-state index in [0.29, 0.717) is 0 Å². The molecule has 15 heavy (non-hydrogen) atoms. The van der Waals surface area contributed by atoms with Crippen molar-refractivity contribution in [2.75, 3.05) is 6.61 Å². The maximum atomic E-state index is 10.0. The molecule has 3 nitrogen and oxygen atoms in total. The maximum Gasteiger partial charge on any atom is 0.105 e. The van der Waals surface area contributed by atoms with Crippen LogP contribution in [0.2, 0.25) is 0 Å². The first-order chi connectivity index (χ1) is 7.27. The molecule has 1 atom stereocenters. The van der Waals surface area contributed by atoms with Crippen LogP contribution in [0.1, 0.15) is 30.2 Å². The lowest BCUT2D eigenvalue weighted by atomic mass is 9.99. The van der Waals surface area contributed by atoms with Gasteiger partial charge in [-0.3, -0.25) is 4.98 Å². The van der Waals surface area contributed by atoms with Crippen LogP contribution in [-0.4, -0.2) is 16.7 Å². The lowest BCUT2D eigenvalue weighted by Gasteiger charge is -2.18. The summed E-state index contributed by atoms with van der Waals surface area (Å²) >= 11 is 0. The molecule has 0 bridgehead atoms. The molecule has 1 aromatic heterocycles. The van der Waals surface area contributed by atoms with E-state index in [1.54, 1.807) is 12.5 Å². The van der Waals surface area contributed by atoms with Crippen molar-refractivity contribution in [2.24, 2.45) is 0 Å². The van der Waals surface area contributed by atoms with Gasteiger partial charge in [0.15, 0.2) is 0 Å². The molecule has 2 rings (SSSR count). The van der Waals surface area contributed by atoms with Crippen molar-refractivity contribution < 1.29 is 9.84 Å². The van der Waals surface area contributed by atoms with Crippen LogP contribution in [-0.2, 0) is 4.74 Å². The normalized spacial score (nSPS) is 17.9. The zero-order valence-corrected chi connectivity index (χ0v) is 8.81. The van der Waals surface area contributed by atoms with Crippen LogP contribution in [0.5, 0.6) is 0 Å². The molecule has 1 N–H and O–H groups in total. The van der Waals surface area contributed by atoms with Gasteiger partial charge in [0.05, 0.1) is 12.9 Å². The van der Waals surface area contributed by atoms with Gasteiger partial charge in [-0.25, -0.2) is 0 Å². The van der Waals surface area contributed by atoms with Gasteiger partial charge < -0.3 is 9.84 Å². The van der Waals surface area contributed by atoms with Gasteiger partial charge in [0, 0.05) is 17.5 Å². The van der Waals surface area contributed by atoms with Crippen molar-refractivity contribution in [1.29, 1.82) is 0 Å². The average molecular weight is 205 g/mol. The van der Waals surface area contributed by atoms with Crippen molar-refractivity contribution in [1.82, 2.24) is 4.98 Å². The summed E-state index contributed by atoms with van der Waals surface area (Å²) in [7, 11) is 0. The molecule has 0 saturated carbocycles. The van der Waals surface area contributed by atoms with E-state index in [1.165, 1.54) is 0 Å². The number of aliphatic hydroxyl groups excluding tert-OH is 1. The number of aromatic nitrogens is 1. The van der Waals surface area contributed by atoms with Crippen LogP contribution in [0.4, 0.5) is 0 Å². The molecule has 0 aromatic carbocycles. The Bertz CT molecular complexity index is 356. The van der Waals surface area contributed by atoms with Crippen LogP contribution in [0, 0.1) is 6.92 Å². The Morgan fingerprint density at radius 2 is 2.33 bits per heavy atom. The van der Waals surface area contributed by atoms with Gasteiger partial charge in [0.1, 0.15) is 6.10 Å². The van der Waals surface area contributed by atoms with E-state index in [-0.39, 0.29) is 0 Å². The van der Waals surface area contributed by atoms with Crippen LogP contribution >= 0.6 is 0 Å². The Morgan fingerprint density at radius 3 is 2.93 bits per heavy atom. The van der Waals surface area contributed by atoms with Crippen LogP contribution in [0.15, 0.2) is 30.2 Å². The lowest BCUT2D eigenvalue weighted by Crippen LogP contribution is -2.08. The molecule has 0 spiro atoms. The summed E-state index contributed by atoms with van der Waals surface area (Å²) < 4.78 is 5.21. The zero-order chi connectivity index (χ0) is 10.7. The van der Waals surface area contributed by atoms with Crippen LogP contribution < -0.4 is 0 Å². The second kappa shape index (κ2) is 4.45. The number of pyridine rings is 1. The summed E-state index contributed by atoms with van der Waals surface area (Å²) in [4.78, 5) is 4.17. The monoisotopic (exact) mass is 205 g/mol. The van der Waals surface area contributed by atoms with E-state index >= 15 is 0 Å². The molecular weight excluding hydrogens is 190 g/mol. The molecule has 0 fully saturated rings. The Hall–Kier alpha value is -1.35. The third-order valence-corrected chi connectivity index (χ3v) is 2.56. The van der Waals surface area contributed by atoms with E-state index in [2.05, 4.69) is 4.98 Å². The molecule has 2 heterocycles. The Labute approximate surface area is 89.4 Å². The first kappa shape index (κ1) is 10.2. The molecule has 0 saturated heterocycles. The minimum atomic E-state index is -0.571. The largest absolute Gasteiger partial charge is 0.501 e. The minimum Gasteiger partial charge on any atom is -0.501 e. The quantitative estimate of drug-likeness (QED) is 0.804. The van der Waals surface area contributed by atoms with Gasteiger partial charge in [-0.15, -0.1) is 0 Å². The fourth-order valence-corrected chi connectivity index (χ4v) is 1.64. The van der Waals surface area contributed by atoms with Gasteiger partial charge in [-0.2, -0.15) is 0 Å². The molecule has 0 radical (unpaired) electrons. The summed E-state index contributed by atoms with van der Waals surface area (Å²) in [6, 6.07) is 3.81. The van der Waals surface area contributed by atoms with Crippen molar-refractivity contribution >= 4 is 0 Å². The van der Waals surface area contributed by atoms with Crippen LogP contribution in [0.25, 0.3) is 0 Å².